The van der Waals surface area contributed by atoms with Crippen molar-refractivity contribution in [2.75, 3.05) is 68.8 Å². The Morgan fingerprint density at radius 3 is 2.18 bits per heavy atom. The largest absolute Gasteiger partial charge is 0.378 e. The molecule has 4 rings (SSSR count). The molecule has 0 amide bonds. The maximum Gasteiger partial charge on any atom is 0.0642 e. The van der Waals surface area contributed by atoms with Gasteiger partial charge in [0.2, 0.25) is 0 Å². The first kappa shape index (κ1) is 26.4. The quantitative estimate of drug-likeness (QED) is 0.523. The van der Waals surface area contributed by atoms with Gasteiger partial charge in [-0.25, -0.2) is 0 Å². The molecule has 4 nitrogen and oxygen atoms in total. The van der Waals surface area contributed by atoms with Crippen LogP contribution in [-0.4, -0.2) is 63.9 Å². The Balaban J connectivity index is 0.00000306. The highest BCUT2D eigenvalue weighted by Crippen LogP contribution is 2.49. The molecule has 0 unspecified atom stereocenters. The molecule has 2 heterocycles. The SMILES string of the molecule is CC(C)CN1CCN(c2ccc(N3CCOCC3)cc2C2=CC(C)(C)CC(C)(C)C2)CC1.Cl. The second-order valence-electron chi connectivity index (χ2n) is 12.2. The second-order valence-corrected chi connectivity index (χ2v) is 12.2. The van der Waals surface area contributed by atoms with E-state index in [4.69, 9.17) is 4.74 Å². The predicted octanol–water partition coefficient (Wildman–Crippen LogP) is 5.95. The molecule has 186 valence electrons. The zero-order valence-corrected chi connectivity index (χ0v) is 22.6. The van der Waals surface area contributed by atoms with Crippen molar-refractivity contribution in [2.24, 2.45) is 16.7 Å². The van der Waals surface area contributed by atoms with Crippen LogP contribution in [0.1, 0.15) is 59.9 Å². The molecule has 1 aliphatic carbocycles. The lowest BCUT2D eigenvalue weighted by atomic mass is 9.65. The fraction of sp³-hybridized carbons (Fsp3) is 0.714. The molecule has 0 saturated carbocycles. The summed E-state index contributed by atoms with van der Waals surface area (Å²) in [7, 11) is 0. The third kappa shape index (κ3) is 6.68. The van der Waals surface area contributed by atoms with Gasteiger partial charge in [-0.1, -0.05) is 47.6 Å². The van der Waals surface area contributed by atoms with Crippen LogP contribution in [0.3, 0.4) is 0 Å². The second kappa shape index (κ2) is 10.6. The van der Waals surface area contributed by atoms with Gasteiger partial charge in [-0.3, -0.25) is 4.90 Å². The summed E-state index contributed by atoms with van der Waals surface area (Å²) in [4.78, 5) is 7.77. The van der Waals surface area contributed by atoms with Gasteiger partial charge in [-0.2, -0.15) is 0 Å². The Hall–Kier alpha value is -1.23. The van der Waals surface area contributed by atoms with Crippen molar-refractivity contribution >= 4 is 29.4 Å². The highest BCUT2D eigenvalue weighted by Gasteiger charge is 2.35. The molecule has 0 radical (unpaired) electrons. The minimum atomic E-state index is 0. The first-order valence-corrected chi connectivity index (χ1v) is 12.8. The predicted molar refractivity (Wildman–Crippen MR) is 145 cm³/mol. The number of allylic oxidation sites excluding steroid dienone is 2. The van der Waals surface area contributed by atoms with Crippen LogP contribution in [0.2, 0.25) is 0 Å². The van der Waals surface area contributed by atoms with Gasteiger partial charge in [0.1, 0.15) is 0 Å². The summed E-state index contributed by atoms with van der Waals surface area (Å²) in [5.41, 5.74) is 6.36. The van der Waals surface area contributed by atoms with Crippen LogP contribution in [0, 0.1) is 16.7 Å². The van der Waals surface area contributed by atoms with Crippen molar-refractivity contribution < 1.29 is 4.74 Å². The van der Waals surface area contributed by atoms with E-state index in [1.54, 1.807) is 5.57 Å². The zero-order valence-electron chi connectivity index (χ0n) is 21.8. The smallest absolute Gasteiger partial charge is 0.0642 e. The Labute approximate surface area is 208 Å². The Morgan fingerprint density at radius 2 is 1.58 bits per heavy atom. The molecule has 1 aromatic rings. The van der Waals surface area contributed by atoms with E-state index in [2.05, 4.69) is 80.5 Å². The molecular formula is C28H46ClN3O. The Bertz CT molecular complexity index is 818. The van der Waals surface area contributed by atoms with E-state index >= 15 is 0 Å². The van der Waals surface area contributed by atoms with Crippen LogP contribution in [0.15, 0.2) is 24.3 Å². The lowest BCUT2D eigenvalue weighted by molar-refractivity contribution is 0.122. The minimum absolute atomic E-state index is 0. The number of hydrogen-bond donors (Lipinski definition) is 0. The molecule has 33 heavy (non-hydrogen) atoms. The van der Waals surface area contributed by atoms with Gasteiger partial charge in [0.15, 0.2) is 0 Å². The highest BCUT2D eigenvalue weighted by molar-refractivity contribution is 5.85. The summed E-state index contributed by atoms with van der Waals surface area (Å²) >= 11 is 0. The fourth-order valence-corrected chi connectivity index (χ4v) is 6.32. The molecule has 0 atom stereocenters. The Morgan fingerprint density at radius 1 is 0.909 bits per heavy atom. The number of ether oxygens (including phenoxy) is 1. The van der Waals surface area contributed by atoms with Crippen LogP contribution in [-0.2, 0) is 4.74 Å². The molecule has 3 aliphatic rings. The van der Waals surface area contributed by atoms with E-state index in [0.29, 0.717) is 5.41 Å². The van der Waals surface area contributed by atoms with Gasteiger partial charge in [0, 0.05) is 62.8 Å². The lowest BCUT2D eigenvalue weighted by Crippen LogP contribution is -2.47. The first-order chi connectivity index (χ1) is 15.1. The number of rotatable bonds is 5. The van der Waals surface area contributed by atoms with Crippen molar-refractivity contribution in [1.29, 1.82) is 0 Å². The topological polar surface area (TPSA) is 19.0 Å². The van der Waals surface area contributed by atoms with E-state index < -0.39 is 0 Å². The maximum absolute atomic E-state index is 5.61. The molecule has 0 spiro atoms. The Kier molecular flexibility index (Phi) is 8.46. The van der Waals surface area contributed by atoms with Gasteiger partial charge in [0.05, 0.1) is 13.2 Å². The summed E-state index contributed by atoms with van der Waals surface area (Å²) in [6.45, 7) is 23.8. The molecule has 0 N–H and O–H groups in total. The van der Waals surface area contributed by atoms with E-state index in [0.717, 1.165) is 51.7 Å². The van der Waals surface area contributed by atoms with Crippen molar-refractivity contribution in [3.63, 3.8) is 0 Å². The zero-order chi connectivity index (χ0) is 22.9. The molecular weight excluding hydrogens is 430 g/mol. The summed E-state index contributed by atoms with van der Waals surface area (Å²) in [5, 5.41) is 0. The number of morpholine rings is 1. The molecule has 2 saturated heterocycles. The van der Waals surface area contributed by atoms with Crippen molar-refractivity contribution in [3.8, 4) is 0 Å². The summed E-state index contributed by atoms with van der Waals surface area (Å²) in [6.07, 6.45) is 4.98. The maximum atomic E-state index is 5.61. The number of piperazine rings is 1. The molecule has 0 bridgehead atoms. The van der Waals surface area contributed by atoms with E-state index in [1.165, 1.54) is 43.0 Å². The standard InChI is InChI=1S/C28H45N3O.ClH/c1-22(2)20-29-9-11-31(12-10-29)26-8-7-24(30-13-15-32-16-14-30)17-25(26)23-18-27(3,4)21-28(5,6)19-23;/h7-8,17-18,22H,9-16,19-21H2,1-6H3;1H. The van der Waals surface area contributed by atoms with Crippen molar-refractivity contribution in [2.45, 2.75) is 54.4 Å². The summed E-state index contributed by atoms with van der Waals surface area (Å²) in [5.74, 6) is 0.738. The molecule has 1 aromatic carbocycles. The summed E-state index contributed by atoms with van der Waals surface area (Å²) in [6, 6.07) is 7.25. The highest BCUT2D eigenvalue weighted by atomic mass is 35.5. The average molecular weight is 476 g/mol. The van der Waals surface area contributed by atoms with E-state index in [9.17, 15) is 0 Å². The number of hydrogen-bond acceptors (Lipinski definition) is 4. The fourth-order valence-electron chi connectivity index (χ4n) is 6.32. The van der Waals surface area contributed by atoms with Crippen LogP contribution in [0.4, 0.5) is 11.4 Å². The normalized spacial score (nSPS) is 23.3. The lowest BCUT2D eigenvalue weighted by Gasteiger charge is -2.42. The number of halogens is 1. The van der Waals surface area contributed by atoms with E-state index in [1.807, 2.05) is 0 Å². The third-order valence-electron chi connectivity index (χ3n) is 7.21. The monoisotopic (exact) mass is 475 g/mol. The van der Waals surface area contributed by atoms with Gasteiger partial charge >= 0.3 is 0 Å². The summed E-state index contributed by atoms with van der Waals surface area (Å²) < 4.78 is 5.61. The minimum Gasteiger partial charge on any atom is -0.378 e. The third-order valence-corrected chi connectivity index (χ3v) is 7.21. The van der Waals surface area contributed by atoms with Gasteiger partial charge in [0.25, 0.3) is 0 Å². The van der Waals surface area contributed by atoms with Gasteiger partial charge in [-0.15, -0.1) is 12.4 Å². The molecule has 2 aliphatic heterocycles. The molecule has 2 fully saturated rings. The van der Waals surface area contributed by atoms with Crippen LogP contribution in [0.25, 0.3) is 5.57 Å². The van der Waals surface area contributed by atoms with E-state index in [-0.39, 0.29) is 17.8 Å². The first-order valence-electron chi connectivity index (χ1n) is 12.8. The van der Waals surface area contributed by atoms with Gasteiger partial charge < -0.3 is 14.5 Å². The molecule has 0 aromatic heterocycles. The van der Waals surface area contributed by atoms with Crippen molar-refractivity contribution in [3.05, 3.63) is 29.8 Å². The van der Waals surface area contributed by atoms with Crippen molar-refractivity contribution in [1.82, 2.24) is 4.90 Å². The number of anilines is 2. The van der Waals surface area contributed by atoms with Crippen LogP contribution < -0.4 is 9.80 Å². The van der Waals surface area contributed by atoms with Crippen LogP contribution >= 0.6 is 12.4 Å². The number of benzene rings is 1. The average Bonchev–Trinajstić information content (AvgIpc) is 2.72. The molecule has 5 heteroatoms. The van der Waals surface area contributed by atoms with Crippen LogP contribution in [0.5, 0.6) is 0 Å². The van der Waals surface area contributed by atoms with Gasteiger partial charge in [-0.05, 0) is 53.4 Å². The number of nitrogens with zero attached hydrogens (tertiary/aromatic N) is 3.